The summed E-state index contributed by atoms with van der Waals surface area (Å²) in [5.74, 6) is -0.629. The van der Waals surface area contributed by atoms with Gasteiger partial charge in [-0.05, 0) is 30.5 Å². The fourth-order valence-electron chi connectivity index (χ4n) is 3.92. The highest BCUT2D eigenvalue weighted by molar-refractivity contribution is 6.10. The Kier molecular flexibility index (Phi) is 5.27. The minimum absolute atomic E-state index is 0.243. The molecule has 26 heavy (non-hydrogen) atoms. The van der Waals surface area contributed by atoms with E-state index in [-0.39, 0.29) is 24.4 Å². The minimum Gasteiger partial charge on any atom is -0.380 e. The summed E-state index contributed by atoms with van der Waals surface area (Å²) in [4.78, 5) is 40.5. The fourth-order valence-corrected chi connectivity index (χ4v) is 3.92. The number of amides is 4. The van der Waals surface area contributed by atoms with Crippen LogP contribution in [0.3, 0.4) is 0 Å². The van der Waals surface area contributed by atoms with Gasteiger partial charge in [-0.25, -0.2) is 4.79 Å². The second-order valence-electron chi connectivity index (χ2n) is 7.01. The lowest BCUT2D eigenvalue weighted by Gasteiger charge is -2.35. The molecule has 1 aromatic rings. The quantitative estimate of drug-likeness (QED) is 0.819. The Morgan fingerprint density at radius 3 is 2.65 bits per heavy atom. The van der Waals surface area contributed by atoms with Crippen LogP contribution < -0.4 is 5.32 Å². The average molecular weight is 359 g/mol. The molecule has 1 saturated heterocycles. The summed E-state index contributed by atoms with van der Waals surface area (Å²) < 4.78 is 5.08. The molecule has 0 aromatic heterocycles. The third kappa shape index (κ3) is 3.31. The zero-order valence-electron chi connectivity index (χ0n) is 15.3. The third-order valence-electron chi connectivity index (χ3n) is 5.31. The molecule has 1 aliphatic carbocycles. The molecule has 1 aromatic carbocycles. The van der Waals surface area contributed by atoms with Crippen LogP contribution in [-0.2, 0) is 20.9 Å². The van der Waals surface area contributed by atoms with Crippen molar-refractivity contribution in [2.75, 3.05) is 26.0 Å². The molecule has 2 aliphatic rings. The van der Waals surface area contributed by atoms with Crippen LogP contribution in [0.1, 0.15) is 37.7 Å². The van der Waals surface area contributed by atoms with E-state index in [1.165, 1.54) is 4.90 Å². The highest BCUT2D eigenvalue weighted by Gasteiger charge is 2.55. The van der Waals surface area contributed by atoms with Crippen molar-refractivity contribution in [3.63, 3.8) is 0 Å². The predicted octanol–water partition coefficient (Wildman–Crippen LogP) is 2.37. The van der Waals surface area contributed by atoms with E-state index in [0.717, 1.165) is 29.7 Å². The number of ether oxygens (including phenoxy) is 1. The summed E-state index contributed by atoms with van der Waals surface area (Å²) in [5, 5.41) is 2.76. The van der Waals surface area contributed by atoms with E-state index in [2.05, 4.69) is 5.32 Å². The number of hydrogen-bond acceptors (Lipinski definition) is 4. The molecule has 1 aliphatic heterocycles. The number of carbonyl (C=O) groups is 3. The first-order valence-electron chi connectivity index (χ1n) is 8.95. The smallest absolute Gasteiger partial charge is 0.327 e. The molecule has 3 rings (SSSR count). The lowest BCUT2D eigenvalue weighted by Crippen LogP contribution is -2.49. The van der Waals surface area contributed by atoms with Crippen molar-refractivity contribution >= 4 is 23.5 Å². The summed E-state index contributed by atoms with van der Waals surface area (Å²) in [6.07, 6.45) is 4.28. The Morgan fingerprint density at radius 2 is 1.96 bits per heavy atom. The maximum atomic E-state index is 12.9. The molecule has 7 nitrogen and oxygen atoms in total. The van der Waals surface area contributed by atoms with E-state index in [1.54, 1.807) is 20.2 Å². The Labute approximate surface area is 153 Å². The van der Waals surface area contributed by atoms with Crippen molar-refractivity contribution in [3.05, 3.63) is 29.8 Å². The number of anilines is 1. The summed E-state index contributed by atoms with van der Waals surface area (Å²) in [6, 6.07) is 6.90. The number of nitrogens with zero attached hydrogens (tertiary/aromatic N) is 2. The molecule has 7 heteroatoms. The molecule has 0 bridgehead atoms. The van der Waals surface area contributed by atoms with Gasteiger partial charge in [-0.1, -0.05) is 31.4 Å². The highest BCUT2D eigenvalue weighted by atomic mass is 16.5. The molecule has 1 heterocycles. The summed E-state index contributed by atoms with van der Waals surface area (Å²) in [5.41, 5.74) is 0.789. The number of rotatable bonds is 5. The number of likely N-dealkylation sites (N-methyl/N-ethyl adjacent to an activating group) is 1. The molecule has 0 unspecified atom stereocenters. The van der Waals surface area contributed by atoms with Gasteiger partial charge in [-0.3, -0.25) is 14.5 Å². The number of urea groups is 1. The number of carbonyl (C=O) groups excluding carboxylic acids is 3. The predicted molar refractivity (Wildman–Crippen MR) is 96.5 cm³/mol. The molecule has 1 N–H and O–H groups in total. The van der Waals surface area contributed by atoms with Gasteiger partial charge in [-0.2, -0.15) is 0 Å². The van der Waals surface area contributed by atoms with Crippen LogP contribution in [0.5, 0.6) is 0 Å². The van der Waals surface area contributed by atoms with Gasteiger partial charge >= 0.3 is 6.03 Å². The Morgan fingerprint density at radius 1 is 1.23 bits per heavy atom. The highest BCUT2D eigenvalue weighted by Crippen LogP contribution is 2.39. The van der Waals surface area contributed by atoms with E-state index < -0.39 is 5.54 Å². The van der Waals surface area contributed by atoms with Crippen molar-refractivity contribution in [2.24, 2.45) is 0 Å². The van der Waals surface area contributed by atoms with Crippen molar-refractivity contribution in [3.8, 4) is 0 Å². The molecule has 2 fully saturated rings. The molecule has 4 amide bonds. The third-order valence-corrected chi connectivity index (χ3v) is 5.31. The Hall–Kier alpha value is -2.41. The van der Waals surface area contributed by atoms with Gasteiger partial charge in [0.1, 0.15) is 12.1 Å². The van der Waals surface area contributed by atoms with Gasteiger partial charge in [-0.15, -0.1) is 0 Å². The minimum atomic E-state index is -0.756. The van der Waals surface area contributed by atoms with Crippen LogP contribution in [0.4, 0.5) is 10.5 Å². The zero-order valence-corrected chi connectivity index (χ0v) is 15.3. The van der Waals surface area contributed by atoms with Gasteiger partial charge in [0.15, 0.2) is 0 Å². The second kappa shape index (κ2) is 7.45. The molecule has 1 spiro atoms. The first-order valence-corrected chi connectivity index (χ1v) is 8.95. The normalized spacial score (nSPS) is 19.3. The molecular formula is C19H25N3O4. The maximum absolute atomic E-state index is 12.9. The lowest BCUT2D eigenvalue weighted by atomic mass is 9.81. The largest absolute Gasteiger partial charge is 0.380 e. The van der Waals surface area contributed by atoms with Crippen molar-refractivity contribution in [2.45, 2.75) is 44.2 Å². The van der Waals surface area contributed by atoms with Gasteiger partial charge in [0.25, 0.3) is 5.91 Å². The van der Waals surface area contributed by atoms with Crippen LogP contribution in [0.25, 0.3) is 0 Å². The van der Waals surface area contributed by atoms with E-state index in [1.807, 2.05) is 18.2 Å². The lowest BCUT2D eigenvalue weighted by molar-refractivity contribution is -0.136. The van der Waals surface area contributed by atoms with Crippen molar-refractivity contribution in [1.29, 1.82) is 0 Å². The molecule has 0 radical (unpaired) electrons. The van der Waals surface area contributed by atoms with Crippen molar-refractivity contribution < 1.29 is 19.1 Å². The van der Waals surface area contributed by atoms with E-state index in [9.17, 15) is 14.4 Å². The topological polar surface area (TPSA) is 79.0 Å². The van der Waals surface area contributed by atoms with Gasteiger partial charge in [0.05, 0.1) is 6.61 Å². The average Bonchev–Trinajstić information content (AvgIpc) is 2.79. The number of benzene rings is 1. The number of methoxy groups -OCH3 is 1. The van der Waals surface area contributed by atoms with Crippen molar-refractivity contribution in [1.82, 2.24) is 9.80 Å². The Balaban J connectivity index is 1.68. The standard InChI is InChI=1S/C19H25N3O4/c1-21-18(25)22(17(24)19(21)9-4-3-5-10-19)12-16(23)20-15-8-6-7-14(11-15)13-26-2/h6-8,11H,3-5,9-10,12-13H2,1-2H3,(H,20,23). The molecule has 0 atom stereocenters. The molecular weight excluding hydrogens is 334 g/mol. The van der Waals surface area contributed by atoms with Gasteiger partial charge in [0, 0.05) is 19.8 Å². The van der Waals surface area contributed by atoms with Crippen LogP contribution in [0.15, 0.2) is 24.3 Å². The fraction of sp³-hybridized carbons (Fsp3) is 0.526. The van der Waals surface area contributed by atoms with Crippen LogP contribution in [-0.4, -0.2) is 53.9 Å². The van der Waals surface area contributed by atoms with Crippen LogP contribution in [0.2, 0.25) is 0 Å². The SMILES string of the molecule is COCc1cccc(NC(=O)CN2C(=O)N(C)C3(CCCCC3)C2=O)c1. The van der Waals surface area contributed by atoms with Gasteiger partial charge < -0.3 is 15.0 Å². The summed E-state index contributed by atoms with van der Waals surface area (Å²) >= 11 is 0. The number of imide groups is 1. The van der Waals surface area contributed by atoms with E-state index in [4.69, 9.17) is 4.74 Å². The first-order chi connectivity index (χ1) is 12.5. The first kappa shape index (κ1) is 18.4. The molecule has 140 valence electrons. The molecule has 1 saturated carbocycles. The number of hydrogen-bond donors (Lipinski definition) is 1. The van der Waals surface area contributed by atoms with E-state index in [0.29, 0.717) is 25.1 Å². The van der Waals surface area contributed by atoms with Crippen LogP contribution in [0, 0.1) is 0 Å². The summed E-state index contributed by atoms with van der Waals surface area (Å²) in [6.45, 7) is 0.179. The van der Waals surface area contributed by atoms with Gasteiger partial charge in [0.2, 0.25) is 5.91 Å². The van der Waals surface area contributed by atoms with Crippen LogP contribution >= 0.6 is 0 Å². The maximum Gasteiger partial charge on any atom is 0.327 e. The number of nitrogens with one attached hydrogen (secondary N) is 1. The Bertz CT molecular complexity index is 712. The zero-order chi connectivity index (χ0) is 18.7. The van der Waals surface area contributed by atoms with E-state index >= 15 is 0 Å². The monoisotopic (exact) mass is 359 g/mol. The summed E-state index contributed by atoms with van der Waals surface area (Å²) in [7, 11) is 3.27. The second-order valence-corrected chi connectivity index (χ2v) is 7.01.